The molecule has 0 bridgehead atoms. The van der Waals surface area contributed by atoms with Crippen LogP contribution in [0.15, 0.2) is 36.4 Å². The van der Waals surface area contributed by atoms with E-state index < -0.39 is 11.9 Å². The number of aliphatic hydroxyl groups excluding tert-OH is 1. The van der Waals surface area contributed by atoms with E-state index in [9.17, 15) is 9.50 Å². The van der Waals surface area contributed by atoms with Crippen molar-refractivity contribution in [1.82, 2.24) is 0 Å². The quantitative estimate of drug-likeness (QED) is 0.930. The van der Waals surface area contributed by atoms with Crippen LogP contribution in [0.3, 0.4) is 0 Å². The molecule has 0 aromatic heterocycles. The molecule has 1 aliphatic rings. The monoisotopic (exact) mass is 286 g/mol. The van der Waals surface area contributed by atoms with E-state index in [2.05, 4.69) is 6.07 Å². The molecule has 0 fully saturated rings. The lowest BCUT2D eigenvalue weighted by Gasteiger charge is -2.19. The summed E-state index contributed by atoms with van der Waals surface area (Å²) in [5, 5.41) is 10.5. The topological polar surface area (TPSA) is 29.5 Å². The zero-order chi connectivity index (χ0) is 14.8. The highest BCUT2D eigenvalue weighted by Crippen LogP contribution is 2.30. The van der Waals surface area contributed by atoms with Crippen LogP contribution in [0.5, 0.6) is 5.75 Å². The molecule has 0 amide bonds. The number of hydrogen-bond donors (Lipinski definition) is 1. The van der Waals surface area contributed by atoms with Crippen molar-refractivity contribution in [2.24, 2.45) is 0 Å². The zero-order valence-electron chi connectivity index (χ0n) is 12.1. The first-order valence-corrected chi connectivity index (χ1v) is 7.32. The van der Waals surface area contributed by atoms with Crippen molar-refractivity contribution in [3.05, 3.63) is 64.5 Å². The molecule has 2 aromatic rings. The summed E-state index contributed by atoms with van der Waals surface area (Å²) in [4.78, 5) is 0. The van der Waals surface area contributed by atoms with Gasteiger partial charge in [-0.25, -0.2) is 4.39 Å². The normalized spacial score (nSPS) is 15.4. The summed E-state index contributed by atoms with van der Waals surface area (Å²) >= 11 is 0. The maximum atomic E-state index is 14.1. The second kappa shape index (κ2) is 5.86. The van der Waals surface area contributed by atoms with Crippen molar-refractivity contribution >= 4 is 0 Å². The van der Waals surface area contributed by atoms with E-state index in [4.69, 9.17) is 4.74 Å². The Hall–Kier alpha value is -1.87. The molecule has 2 aromatic carbocycles. The summed E-state index contributed by atoms with van der Waals surface area (Å²) in [7, 11) is 1.49. The second-order valence-electron chi connectivity index (χ2n) is 5.53. The van der Waals surface area contributed by atoms with Crippen LogP contribution in [0.4, 0.5) is 4.39 Å². The van der Waals surface area contributed by atoms with E-state index >= 15 is 0 Å². The van der Waals surface area contributed by atoms with Gasteiger partial charge in [0.2, 0.25) is 0 Å². The smallest absolute Gasteiger partial charge is 0.133 e. The van der Waals surface area contributed by atoms with Crippen molar-refractivity contribution in [2.45, 2.75) is 31.8 Å². The number of halogens is 1. The SMILES string of the molecule is COc1ccc(C(O)c2ccc3c(c2)CCCC3)c(F)c1. The Morgan fingerprint density at radius 1 is 1.05 bits per heavy atom. The van der Waals surface area contributed by atoms with Gasteiger partial charge in [0, 0.05) is 11.6 Å². The fraction of sp³-hybridized carbons (Fsp3) is 0.333. The maximum Gasteiger partial charge on any atom is 0.133 e. The molecule has 1 N–H and O–H groups in total. The highest BCUT2D eigenvalue weighted by molar-refractivity contribution is 5.40. The Balaban J connectivity index is 1.93. The average molecular weight is 286 g/mol. The summed E-state index contributed by atoms with van der Waals surface area (Å²) < 4.78 is 19.1. The van der Waals surface area contributed by atoms with Gasteiger partial charge in [0.25, 0.3) is 0 Å². The molecule has 1 unspecified atom stereocenters. The van der Waals surface area contributed by atoms with Gasteiger partial charge in [-0.1, -0.05) is 18.2 Å². The van der Waals surface area contributed by atoms with Gasteiger partial charge in [-0.2, -0.15) is 0 Å². The van der Waals surface area contributed by atoms with Gasteiger partial charge < -0.3 is 9.84 Å². The van der Waals surface area contributed by atoms with Crippen LogP contribution in [0.2, 0.25) is 0 Å². The molecular formula is C18H19FO2. The molecule has 2 nitrogen and oxygen atoms in total. The van der Waals surface area contributed by atoms with Crippen molar-refractivity contribution < 1.29 is 14.2 Å². The highest BCUT2D eigenvalue weighted by atomic mass is 19.1. The predicted molar refractivity (Wildman–Crippen MR) is 80.1 cm³/mol. The highest BCUT2D eigenvalue weighted by Gasteiger charge is 2.18. The molecular weight excluding hydrogens is 267 g/mol. The first-order chi connectivity index (χ1) is 10.2. The van der Waals surface area contributed by atoms with Gasteiger partial charge in [0.05, 0.1) is 7.11 Å². The third kappa shape index (κ3) is 2.79. The second-order valence-corrected chi connectivity index (χ2v) is 5.53. The van der Waals surface area contributed by atoms with Crippen LogP contribution in [0.25, 0.3) is 0 Å². The molecule has 0 aliphatic heterocycles. The Labute approximate surface area is 124 Å². The molecule has 0 saturated heterocycles. The first-order valence-electron chi connectivity index (χ1n) is 7.32. The Morgan fingerprint density at radius 2 is 1.81 bits per heavy atom. The van der Waals surface area contributed by atoms with Gasteiger partial charge >= 0.3 is 0 Å². The van der Waals surface area contributed by atoms with E-state index in [0.29, 0.717) is 5.75 Å². The molecule has 0 spiro atoms. The van der Waals surface area contributed by atoms with Crippen molar-refractivity contribution in [2.75, 3.05) is 7.11 Å². The minimum Gasteiger partial charge on any atom is -0.497 e. The number of fused-ring (bicyclic) bond motifs is 1. The molecule has 1 atom stereocenters. The summed E-state index contributed by atoms with van der Waals surface area (Å²) in [5.74, 6) is 0.00783. The lowest BCUT2D eigenvalue weighted by molar-refractivity contribution is 0.214. The van der Waals surface area contributed by atoms with Gasteiger partial charge in [-0.3, -0.25) is 0 Å². The third-order valence-corrected chi connectivity index (χ3v) is 4.19. The van der Waals surface area contributed by atoms with Crippen molar-refractivity contribution in [3.63, 3.8) is 0 Å². The van der Waals surface area contributed by atoms with Gasteiger partial charge in [0.15, 0.2) is 0 Å². The summed E-state index contributed by atoms with van der Waals surface area (Å²) in [6, 6.07) is 10.5. The lowest BCUT2D eigenvalue weighted by Crippen LogP contribution is -2.07. The summed E-state index contributed by atoms with van der Waals surface area (Å²) in [5.41, 5.74) is 3.67. The fourth-order valence-corrected chi connectivity index (χ4v) is 2.96. The van der Waals surface area contributed by atoms with Crippen molar-refractivity contribution in [3.8, 4) is 5.75 Å². The van der Waals surface area contributed by atoms with E-state index in [0.717, 1.165) is 18.4 Å². The van der Waals surface area contributed by atoms with E-state index in [1.165, 1.54) is 37.1 Å². The van der Waals surface area contributed by atoms with Crippen LogP contribution in [-0.4, -0.2) is 12.2 Å². The number of rotatable bonds is 3. The number of ether oxygens (including phenoxy) is 1. The maximum absolute atomic E-state index is 14.1. The predicted octanol–water partition coefficient (Wildman–Crippen LogP) is 3.79. The van der Waals surface area contributed by atoms with Gasteiger partial charge in [-0.05, 0) is 54.5 Å². The first kappa shape index (κ1) is 14.1. The number of aryl methyl sites for hydroxylation is 2. The number of benzene rings is 2. The minimum absolute atomic E-state index is 0.284. The molecule has 0 radical (unpaired) electrons. The molecule has 110 valence electrons. The molecule has 3 heteroatoms. The van der Waals surface area contributed by atoms with Gasteiger partial charge in [-0.15, -0.1) is 0 Å². The zero-order valence-corrected chi connectivity index (χ0v) is 12.1. The number of methoxy groups -OCH3 is 1. The number of hydrogen-bond acceptors (Lipinski definition) is 2. The van der Waals surface area contributed by atoms with Crippen LogP contribution in [0.1, 0.15) is 41.2 Å². The van der Waals surface area contributed by atoms with E-state index in [-0.39, 0.29) is 5.56 Å². The van der Waals surface area contributed by atoms with Crippen LogP contribution < -0.4 is 4.74 Å². The summed E-state index contributed by atoms with van der Waals surface area (Å²) in [6.07, 6.45) is 3.61. The molecule has 0 heterocycles. The van der Waals surface area contributed by atoms with Gasteiger partial charge in [0.1, 0.15) is 17.7 Å². The molecule has 0 saturated carbocycles. The third-order valence-electron chi connectivity index (χ3n) is 4.19. The molecule has 21 heavy (non-hydrogen) atoms. The molecule has 1 aliphatic carbocycles. The largest absolute Gasteiger partial charge is 0.497 e. The van der Waals surface area contributed by atoms with Crippen LogP contribution in [-0.2, 0) is 12.8 Å². The van der Waals surface area contributed by atoms with E-state index in [1.807, 2.05) is 12.1 Å². The van der Waals surface area contributed by atoms with Crippen LogP contribution in [0, 0.1) is 5.82 Å². The minimum atomic E-state index is -0.942. The number of aliphatic hydroxyl groups is 1. The Morgan fingerprint density at radius 3 is 2.52 bits per heavy atom. The standard InChI is InChI=1S/C18H19FO2/c1-21-15-8-9-16(17(19)11-15)18(20)14-7-6-12-4-2-3-5-13(12)10-14/h6-11,18,20H,2-5H2,1H3. The Bertz CT molecular complexity index is 652. The van der Waals surface area contributed by atoms with Crippen LogP contribution >= 0.6 is 0 Å². The summed E-state index contributed by atoms with van der Waals surface area (Å²) in [6.45, 7) is 0. The lowest BCUT2D eigenvalue weighted by atomic mass is 9.88. The average Bonchev–Trinajstić information content (AvgIpc) is 2.53. The van der Waals surface area contributed by atoms with E-state index in [1.54, 1.807) is 12.1 Å². The molecule has 3 rings (SSSR count). The van der Waals surface area contributed by atoms with Crippen molar-refractivity contribution in [1.29, 1.82) is 0 Å². The Kier molecular flexibility index (Phi) is 3.93. The fourth-order valence-electron chi connectivity index (χ4n) is 2.96.